The predicted molar refractivity (Wildman–Crippen MR) is 75.9 cm³/mol. The lowest BCUT2D eigenvalue weighted by Gasteiger charge is -2.21. The third-order valence-electron chi connectivity index (χ3n) is 2.85. The van der Waals surface area contributed by atoms with E-state index in [9.17, 15) is 22.8 Å². The van der Waals surface area contributed by atoms with E-state index in [1.165, 1.54) is 31.1 Å². The van der Waals surface area contributed by atoms with Gasteiger partial charge >= 0.3 is 12.1 Å². The lowest BCUT2D eigenvalue weighted by Crippen LogP contribution is -2.21. The van der Waals surface area contributed by atoms with Crippen molar-refractivity contribution in [1.82, 2.24) is 0 Å². The van der Waals surface area contributed by atoms with Crippen LogP contribution < -0.4 is 4.90 Å². The summed E-state index contributed by atoms with van der Waals surface area (Å²) in [5, 5.41) is 0. The predicted octanol–water partition coefficient (Wildman–Crippen LogP) is 3.07. The van der Waals surface area contributed by atoms with Gasteiger partial charge in [0, 0.05) is 37.8 Å². The van der Waals surface area contributed by atoms with Crippen LogP contribution >= 0.6 is 0 Å². The molecule has 0 radical (unpaired) electrons. The van der Waals surface area contributed by atoms with E-state index >= 15 is 0 Å². The van der Waals surface area contributed by atoms with Gasteiger partial charge in [0.05, 0.1) is 12.2 Å². The first-order valence-corrected chi connectivity index (χ1v) is 6.38. The number of esters is 1. The number of alkyl halides is 3. The maximum atomic E-state index is 13.3. The highest BCUT2D eigenvalue weighted by molar-refractivity contribution is 5.99. The standard InChI is InChI=1S/C15H16F3NO3/c1-4-13(21)22-9-8-12(20)10-6-5-7-11(19(2)3)14(10)15(16,17)18/h4-7H,1,8-9H2,2-3H3. The second-order valence-electron chi connectivity index (χ2n) is 4.64. The Morgan fingerprint density at radius 1 is 1.32 bits per heavy atom. The van der Waals surface area contributed by atoms with Crippen LogP contribution in [-0.4, -0.2) is 32.5 Å². The number of carbonyl (C=O) groups excluding carboxylic acids is 2. The fourth-order valence-corrected chi connectivity index (χ4v) is 1.88. The highest BCUT2D eigenvalue weighted by Gasteiger charge is 2.38. The molecule has 120 valence electrons. The minimum atomic E-state index is -4.66. The van der Waals surface area contributed by atoms with Crippen molar-refractivity contribution in [3.8, 4) is 0 Å². The molecule has 1 rings (SSSR count). The molecule has 1 aromatic rings. The van der Waals surface area contributed by atoms with Gasteiger partial charge in [-0.2, -0.15) is 13.2 Å². The van der Waals surface area contributed by atoms with Crippen molar-refractivity contribution in [3.63, 3.8) is 0 Å². The lowest BCUT2D eigenvalue weighted by atomic mass is 9.99. The smallest absolute Gasteiger partial charge is 0.419 e. The first-order chi connectivity index (χ1) is 10.2. The van der Waals surface area contributed by atoms with E-state index in [1.54, 1.807) is 0 Å². The summed E-state index contributed by atoms with van der Waals surface area (Å²) in [6.07, 6.45) is -4.08. The summed E-state index contributed by atoms with van der Waals surface area (Å²) in [5.41, 5.74) is -1.52. The molecule has 0 amide bonds. The van der Waals surface area contributed by atoms with Crippen LogP contribution in [0, 0.1) is 0 Å². The topological polar surface area (TPSA) is 46.6 Å². The third kappa shape index (κ3) is 4.34. The number of ether oxygens (including phenoxy) is 1. The Balaban J connectivity index is 3.08. The van der Waals surface area contributed by atoms with Crippen molar-refractivity contribution < 1.29 is 27.5 Å². The molecule has 0 N–H and O–H groups in total. The van der Waals surface area contributed by atoms with Crippen molar-refractivity contribution in [1.29, 1.82) is 0 Å². The van der Waals surface area contributed by atoms with Crippen LogP contribution in [0.4, 0.5) is 18.9 Å². The average molecular weight is 315 g/mol. The number of hydrogen-bond donors (Lipinski definition) is 0. The number of rotatable bonds is 6. The molecule has 0 saturated heterocycles. The molecule has 4 nitrogen and oxygen atoms in total. The summed E-state index contributed by atoms with van der Waals surface area (Å²) in [7, 11) is 2.93. The van der Waals surface area contributed by atoms with Crippen LogP contribution in [0.5, 0.6) is 0 Å². The number of anilines is 1. The van der Waals surface area contributed by atoms with Crippen LogP contribution in [0.25, 0.3) is 0 Å². The molecule has 7 heteroatoms. The highest BCUT2D eigenvalue weighted by atomic mass is 19.4. The van der Waals surface area contributed by atoms with E-state index in [1.807, 2.05) is 0 Å². The molecule has 0 heterocycles. The maximum absolute atomic E-state index is 13.3. The van der Waals surface area contributed by atoms with E-state index in [0.717, 1.165) is 12.1 Å². The van der Waals surface area contributed by atoms with Crippen molar-refractivity contribution in [2.75, 3.05) is 25.6 Å². The minimum absolute atomic E-state index is 0.0959. The lowest BCUT2D eigenvalue weighted by molar-refractivity contribution is -0.138. The first kappa shape index (κ1) is 17.7. The van der Waals surface area contributed by atoms with Gasteiger partial charge in [-0.3, -0.25) is 4.79 Å². The van der Waals surface area contributed by atoms with E-state index in [2.05, 4.69) is 11.3 Å². The molecule has 1 aromatic carbocycles. The summed E-state index contributed by atoms with van der Waals surface area (Å²) in [4.78, 5) is 24.2. The fourth-order valence-electron chi connectivity index (χ4n) is 1.88. The molecule has 0 fully saturated rings. The third-order valence-corrected chi connectivity index (χ3v) is 2.85. The Morgan fingerprint density at radius 3 is 2.45 bits per heavy atom. The van der Waals surface area contributed by atoms with Crippen LogP contribution in [0.15, 0.2) is 30.9 Å². The molecule has 0 spiro atoms. The van der Waals surface area contributed by atoms with Gasteiger partial charge in [-0.05, 0) is 6.07 Å². The maximum Gasteiger partial charge on any atom is 0.419 e. The largest absolute Gasteiger partial charge is 0.462 e. The van der Waals surface area contributed by atoms with Gasteiger partial charge in [-0.15, -0.1) is 0 Å². The van der Waals surface area contributed by atoms with Crippen molar-refractivity contribution in [3.05, 3.63) is 42.0 Å². The molecule has 0 atom stereocenters. The highest BCUT2D eigenvalue weighted by Crippen LogP contribution is 2.38. The number of ketones is 1. The van der Waals surface area contributed by atoms with E-state index in [-0.39, 0.29) is 18.7 Å². The van der Waals surface area contributed by atoms with Crippen molar-refractivity contribution in [2.45, 2.75) is 12.6 Å². The second kappa shape index (κ2) is 7.11. The Bertz CT molecular complexity index is 580. The van der Waals surface area contributed by atoms with Gasteiger partial charge in [0.25, 0.3) is 0 Å². The van der Waals surface area contributed by atoms with Crippen molar-refractivity contribution in [2.24, 2.45) is 0 Å². The quantitative estimate of drug-likeness (QED) is 0.460. The van der Waals surface area contributed by atoms with Crippen LogP contribution in [0.3, 0.4) is 0 Å². The minimum Gasteiger partial charge on any atom is -0.462 e. The molecular formula is C15H16F3NO3. The van der Waals surface area contributed by atoms with Gasteiger partial charge in [-0.1, -0.05) is 18.7 Å². The molecule has 0 aliphatic heterocycles. The Morgan fingerprint density at radius 2 is 1.95 bits per heavy atom. The average Bonchev–Trinajstić information content (AvgIpc) is 2.44. The van der Waals surface area contributed by atoms with Gasteiger partial charge in [0.15, 0.2) is 5.78 Å². The Labute approximate surface area is 126 Å². The van der Waals surface area contributed by atoms with Gasteiger partial charge < -0.3 is 9.64 Å². The Kier molecular flexibility index (Phi) is 5.73. The summed E-state index contributed by atoms with van der Waals surface area (Å²) in [6, 6.07) is 3.79. The van der Waals surface area contributed by atoms with Crippen molar-refractivity contribution >= 4 is 17.4 Å². The van der Waals surface area contributed by atoms with E-state index < -0.39 is 29.1 Å². The molecule has 0 aliphatic rings. The number of benzene rings is 1. The molecule has 22 heavy (non-hydrogen) atoms. The summed E-state index contributed by atoms with van der Waals surface area (Å²) in [5.74, 6) is -1.47. The molecule has 0 bridgehead atoms. The Hall–Kier alpha value is -2.31. The monoisotopic (exact) mass is 315 g/mol. The second-order valence-corrected chi connectivity index (χ2v) is 4.64. The number of Topliss-reactive ketones (excluding diaryl/α,β-unsaturated/α-hetero) is 1. The summed E-state index contributed by atoms with van der Waals surface area (Å²) < 4.78 is 44.4. The van der Waals surface area contributed by atoms with Crippen LogP contribution in [0.2, 0.25) is 0 Å². The number of carbonyl (C=O) groups is 2. The normalized spacial score (nSPS) is 11.0. The SMILES string of the molecule is C=CC(=O)OCCC(=O)c1cccc(N(C)C)c1C(F)(F)F. The molecule has 0 saturated carbocycles. The molecular weight excluding hydrogens is 299 g/mol. The number of nitrogens with zero attached hydrogens (tertiary/aromatic N) is 1. The summed E-state index contributed by atoms with van der Waals surface area (Å²) in [6.45, 7) is 2.88. The molecule has 0 aromatic heterocycles. The number of hydrogen-bond acceptors (Lipinski definition) is 4. The zero-order chi connectivity index (χ0) is 16.9. The van der Waals surface area contributed by atoms with Gasteiger partial charge in [-0.25, -0.2) is 4.79 Å². The number of halogens is 3. The summed E-state index contributed by atoms with van der Waals surface area (Å²) >= 11 is 0. The van der Waals surface area contributed by atoms with Crippen LogP contribution in [0.1, 0.15) is 22.3 Å². The van der Waals surface area contributed by atoms with Crippen LogP contribution in [-0.2, 0) is 15.7 Å². The zero-order valence-corrected chi connectivity index (χ0v) is 12.2. The fraction of sp³-hybridized carbons (Fsp3) is 0.333. The molecule has 0 unspecified atom stereocenters. The molecule has 0 aliphatic carbocycles. The van der Waals surface area contributed by atoms with E-state index in [4.69, 9.17) is 0 Å². The van der Waals surface area contributed by atoms with Gasteiger partial charge in [0.2, 0.25) is 0 Å². The van der Waals surface area contributed by atoms with Gasteiger partial charge in [0.1, 0.15) is 0 Å². The zero-order valence-electron chi connectivity index (χ0n) is 12.2. The first-order valence-electron chi connectivity index (χ1n) is 6.38. The van der Waals surface area contributed by atoms with E-state index in [0.29, 0.717) is 0 Å².